The number of carbonyl (C=O) groups excluding carboxylic acids is 1. The van der Waals surface area contributed by atoms with Crippen molar-refractivity contribution in [3.8, 4) is 0 Å². The summed E-state index contributed by atoms with van der Waals surface area (Å²) in [6, 6.07) is 0. The molecule has 1 aliphatic rings. The Morgan fingerprint density at radius 3 is 2.27 bits per heavy atom. The van der Waals surface area contributed by atoms with Gasteiger partial charge in [0, 0.05) is 11.3 Å². The van der Waals surface area contributed by atoms with Gasteiger partial charge < -0.3 is 0 Å². The molecule has 0 spiro atoms. The predicted octanol–water partition coefficient (Wildman–Crippen LogP) is 2.65. The molecule has 0 aromatic carbocycles. The molecule has 1 aliphatic carbocycles. The van der Waals surface area contributed by atoms with E-state index in [0.29, 0.717) is 17.6 Å². The summed E-state index contributed by atoms with van der Waals surface area (Å²) in [6.07, 6.45) is 2.29. The summed E-state index contributed by atoms with van der Waals surface area (Å²) < 4.78 is 0. The smallest absolute Gasteiger partial charge is 0.141 e. The van der Waals surface area contributed by atoms with Crippen LogP contribution >= 0.6 is 0 Å². The second-order valence-electron chi connectivity index (χ2n) is 4.47. The molecule has 1 heteroatoms. The summed E-state index contributed by atoms with van der Waals surface area (Å²) in [7, 11) is 0. The minimum absolute atomic E-state index is 0.0718. The average molecular weight is 154 g/mol. The number of Topliss-reactive ketones (excluding diaryl/α,β-unsaturated/α-hetero) is 1. The van der Waals surface area contributed by atoms with Crippen LogP contribution in [0.1, 0.15) is 40.5 Å². The van der Waals surface area contributed by atoms with Gasteiger partial charge in [-0.25, -0.2) is 0 Å². The molecule has 0 aliphatic heterocycles. The Morgan fingerprint density at radius 1 is 1.27 bits per heavy atom. The van der Waals surface area contributed by atoms with E-state index >= 15 is 0 Å². The maximum absolute atomic E-state index is 11.7. The van der Waals surface area contributed by atoms with E-state index in [4.69, 9.17) is 0 Å². The van der Waals surface area contributed by atoms with E-state index in [1.807, 2.05) is 0 Å². The van der Waals surface area contributed by atoms with Gasteiger partial charge in [-0.1, -0.05) is 27.7 Å². The number of carbonyl (C=O) groups is 1. The molecule has 0 N–H and O–H groups in total. The molecule has 2 atom stereocenters. The summed E-state index contributed by atoms with van der Waals surface area (Å²) in [5.74, 6) is 1.31. The quantitative estimate of drug-likeness (QED) is 0.524. The van der Waals surface area contributed by atoms with Crippen molar-refractivity contribution < 1.29 is 4.79 Å². The van der Waals surface area contributed by atoms with Crippen LogP contribution in [0.25, 0.3) is 0 Å². The van der Waals surface area contributed by atoms with Crippen molar-refractivity contribution in [3.63, 3.8) is 0 Å². The summed E-state index contributed by atoms with van der Waals surface area (Å²) >= 11 is 0. The molecule has 1 rings (SSSR count). The number of hydrogen-bond donors (Lipinski definition) is 0. The first-order valence-corrected chi connectivity index (χ1v) is 4.50. The van der Waals surface area contributed by atoms with E-state index in [2.05, 4.69) is 27.7 Å². The first-order valence-electron chi connectivity index (χ1n) is 4.50. The van der Waals surface area contributed by atoms with Gasteiger partial charge in [-0.2, -0.15) is 0 Å². The van der Waals surface area contributed by atoms with Crippen molar-refractivity contribution >= 4 is 5.78 Å². The first-order chi connectivity index (χ1) is 4.96. The fourth-order valence-electron chi connectivity index (χ4n) is 1.87. The number of ketones is 1. The Labute approximate surface area is 69.2 Å². The predicted molar refractivity (Wildman–Crippen MR) is 46.4 cm³/mol. The molecular formula is C10H18O. The maximum atomic E-state index is 11.7. The number of rotatable bonds is 0. The largest absolute Gasteiger partial charge is 0.299 e. The van der Waals surface area contributed by atoms with Gasteiger partial charge in [0.1, 0.15) is 5.78 Å². The highest BCUT2D eigenvalue weighted by molar-refractivity contribution is 5.87. The Kier molecular flexibility index (Phi) is 2.08. The van der Waals surface area contributed by atoms with Crippen molar-refractivity contribution in [1.29, 1.82) is 0 Å². The van der Waals surface area contributed by atoms with E-state index in [1.54, 1.807) is 0 Å². The lowest BCUT2D eigenvalue weighted by atomic mass is 9.65. The third kappa shape index (κ3) is 1.33. The van der Waals surface area contributed by atoms with Crippen molar-refractivity contribution in [2.75, 3.05) is 0 Å². The Hall–Kier alpha value is -0.330. The van der Waals surface area contributed by atoms with Crippen molar-refractivity contribution in [2.24, 2.45) is 17.3 Å². The summed E-state index contributed by atoms with van der Waals surface area (Å²) in [6.45, 7) is 8.39. The topological polar surface area (TPSA) is 17.1 Å². The highest BCUT2D eigenvalue weighted by Crippen LogP contribution is 2.39. The molecule has 0 saturated heterocycles. The van der Waals surface area contributed by atoms with Crippen molar-refractivity contribution in [2.45, 2.75) is 40.5 Å². The maximum Gasteiger partial charge on any atom is 0.141 e. The molecule has 1 saturated carbocycles. The molecule has 0 aromatic rings. The van der Waals surface area contributed by atoms with E-state index in [9.17, 15) is 4.79 Å². The zero-order valence-electron chi connectivity index (χ0n) is 7.98. The summed E-state index contributed by atoms with van der Waals surface area (Å²) in [5.41, 5.74) is -0.0718. The van der Waals surface area contributed by atoms with E-state index in [-0.39, 0.29) is 5.41 Å². The minimum atomic E-state index is -0.0718. The highest BCUT2D eigenvalue weighted by atomic mass is 16.1. The average Bonchev–Trinajstić information content (AvgIpc) is 1.95. The second kappa shape index (κ2) is 2.62. The molecule has 1 fully saturated rings. The van der Waals surface area contributed by atoms with Gasteiger partial charge in [0.15, 0.2) is 0 Å². The molecule has 1 nitrogen and oxygen atoms in total. The van der Waals surface area contributed by atoms with Crippen LogP contribution in [0.2, 0.25) is 0 Å². The molecule has 0 bridgehead atoms. The normalized spacial score (nSPS) is 37.3. The molecule has 1 unspecified atom stereocenters. The van der Waals surface area contributed by atoms with Gasteiger partial charge in [0.2, 0.25) is 0 Å². The monoisotopic (exact) mass is 154 g/mol. The minimum Gasteiger partial charge on any atom is -0.299 e. The summed E-state index contributed by atoms with van der Waals surface area (Å²) in [4.78, 5) is 11.7. The third-order valence-electron chi connectivity index (χ3n) is 3.35. The molecule has 0 aromatic heterocycles. The Balaban J connectivity index is 2.81. The van der Waals surface area contributed by atoms with Gasteiger partial charge in [-0.3, -0.25) is 4.79 Å². The lowest BCUT2D eigenvalue weighted by Crippen LogP contribution is -2.39. The first kappa shape index (κ1) is 8.76. The van der Waals surface area contributed by atoms with Crippen LogP contribution in [0.4, 0.5) is 0 Å². The van der Waals surface area contributed by atoms with Crippen LogP contribution in [-0.2, 0) is 4.79 Å². The fourth-order valence-corrected chi connectivity index (χ4v) is 1.87. The Morgan fingerprint density at radius 2 is 1.82 bits per heavy atom. The molecule has 0 amide bonds. The van der Waals surface area contributed by atoms with Gasteiger partial charge in [-0.15, -0.1) is 0 Å². The van der Waals surface area contributed by atoms with Crippen molar-refractivity contribution in [1.82, 2.24) is 0 Å². The SMILES string of the molecule is CC1CC[C@H](C)C(=O)C1(C)C. The van der Waals surface area contributed by atoms with Crippen LogP contribution in [-0.4, -0.2) is 5.78 Å². The van der Waals surface area contributed by atoms with E-state index < -0.39 is 0 Å². The van der Waals surface area contributed by atoms with Gasteiger partial charge in [0.25, 0.3) is 0 Å². The lowest BCUT2D eigenvalue weighted by Gasteiger charge is -2.37. The van der Waals surface area contributed by atoms with E-state index in [1.165, 1.54) is 6.42 Å². The third-order valence-corrected chi connectivity index (χ3v) is 3.35. The van der Waals surface area contributed by atoms with Crippen LogP contribution in [0, 0.1) is 17.3 Å². The number of hydrogen-bond acceptors (Lipinski definition) is 1. The van der Waals surface area contributed by atoms with Gasteiger partial charge >= 0.3 is 0 Å². The van der Waals surface area contributed by atoms with Gasteiger partial charge in [0.05, 0.1) is 0 Å². The Bertz CT molecular complexity index is 170. The van der Waals surface area contributed by atoms with E-state index in [0.717, 1.165) is 6.42 Å². The molecule has 0 heterocycles. The van der Waals surface area contributed by atoms with Crippen molar-refractivity contribution in [3.05, 3.63) is 0 Å². The fraction of sp³-hybridized carbons (Fsp3) is 0.900. The zero-order chi connectivity index (χ0) is 8.65. The molecule has 0 radical (unpaired) electrons. The lowest BCUT2D eigenvalue weighted by molar-refractivity contribution is -0.136. The molecular weight excluding hydrogens is 136 g/mol. The zero-order valence-corrected chi connectivity index (χ0v) is 7.98. The second-order valence-corrected chi connectivity index (χ2v) is 4.47. The molecule has 11 heavy (non-hydrogen) atoms. The highest BCUT2D eigenvalue weighted by Gasteiger charge is 2.39. The van der Waals surface area contributed by atoms with Gasteiger partial charge in [-0.05, 0) is 18.8 Å². The van der Waals surface area contributed by atoms with Crippen LogP contribution in [0.15, 0.2) is 0 Å². The van der Waals surface area contributed by atoms with Crippen LogP contribution in [0.3, 0.4) is 0 Å². The molecule has 64 valence electrons. The summed E-state index contributed by atoms with van der Waals surface area (Å²) in [5, 5.41) is 0. The standard InChI is InChI=1S/C10H18O/c1-7-5-6-8(2)10(3,4)9(7)11/h7-8H,5-6H2,1-4H3/t7-,8?/m0/s1. The van der Waals surface area contributed by atoms with Crippen LogP contribution < -0.4 is 0 Å². The van der Waals surface area contributed by atoms with Crippen LogP contribution in [0.5, 0.6) is 0 Å².